The predicted octanol–water partition coefficient (Wildman–Crippen LogP) is 3.33. The summed E-state index contributed by atoms with van der Waals surface area (Å²) >= 11 is 7.45. The fraction of sp³-hybridized carbons (Fsp3) is 0.133. The monoisotopic (exact) mass is 306 g/mol. The summed E-state index contributed by atoms with van der Waals surface area (Å²) in [6.45, 7) is 0.537. The summed E-state index contributed by atoms with van der Waals surface area (Å²) in [6.07, 6.45) is 0. The molecule has 2 rings (SSSR count). The van der Waals surface area contributed by atoms with E-state index in [9.17, 15) is 4.79 Å². The van der Waals surface area contributed by atoms with Crippen molar-refractivity contribution in [1.29, 1.82) is 0 Å². The molecule has 0 bridgehead atoms. The maximum atomic E-state index is 11.8. The molecule has 2 aromatic rings. The third kappa shape index (κ3) is 4.47. The average Bonchev–Trinajstić information content (AvgIpc) is 2.45. The first kappa shape index (κ1) is 14.8. The van der Waals surface area contributed by atoms with Crippen molar-refractivity contribution >= 4 is 35.0 Å². The lowest BCUT2D eigenvalue weighted by atomic mass is 10.2. The number of benzene rings is 2. The number of hydrogen-bond donors (Lipinski definition) is 2. The van der Waals surface area contributed by atoms with Crippen LogP contribution in [0.3, 0.4) is 0 Å². The fourth-order valence-corrected chi connectivity index (χ4v) is 2.73. The summed E-state index contributed by atoms with van der Waals surface area (Å²) in [5, 5.41) is 3.45. The van der Waals surface area contributed by atoms with Crippen LogP contribution in [-0.4, -0.2) is 11.7 Å². The van der Waals surface area contributed by atoms with E-state index in [-0.39, 0.29) is 5.91 Å². The maximum Gasteiger partial charge on any atom is 0.230 e. The first-order valence-corrected chi connectivity index (χ1v) is 7.50. The summed E-state index contributed by atoms with van der Waals surface area (Å²) in [4.78, 5) is 12.6. The van der Waals surface area contributed by atoms with E-state index in [4.69, 9.17) is 17.3 Å². The molecule has 104 valence electrons. The molecule has 0 unspecified atom stereocenters. The van der Waals surface area contributed by atoms with Crippen molar-refractivity contribution in [3.63, 3.8) is 0 Å². The van der Waals surface area contributed by atoms with Gasteiger partial charge in [0, 0.05) is 17.1 Å². The van der Waals surface area contributed by atoms with Crippen molar-refractivity contribution in [2.45, 2.75) is 11.4 Å². The highest BCUT2D eigenvalue weighted by atomic mass is 35.5. The largest absolute Gasteiger partial charge is 0.399 e. The van der Waals surface area contributed by atoms with Gasteiger partial charge in [-0.05, 0) is 23.8 Å². The second kappa shape index (κ2) is 7.22. The molecule has 0 aliphatic rings. The van der Waals surface area contributed by atoms with Crippen LogP contribution in [0.25, 0.3) is 0 Å². The number of carbonyl (C=O) groups excluding carboxylic acids is 1. The third-order valence-electron chi connectivity index (χ3n) is 2.65. The van der Waals surface area contributed by atoms with Gasteiger partial charge in [0.2, 0.25) is 5.91 Å². The van der Waals surface area contributed by atoms with Crippen LogP contribution in [0.4, 0.5) is 5.69 Å². The number of nitrogens with one attached hydrogen (secondary N) is 1. The molecule has 0 radical (unpaired) electrons. The Morgan fingerprint density at radius 3 is 2.65 bits per heavy atom. The van der Waals surface area contributed by atoms with E-state index >= 15 is 0 Å². The summed E-state index contributed by atoms with van der Waals surface area (Å²) in [5.41, 5.74) is 7.32. The zero-order valence-electron chi connectivity index (χ0n) is 10.8. The Bertz CT molecular complexity index is 590. The number of amides is 1. The Morgan fingerprint density at radius 2 is 1.95 bits per heavy atom. The number of carbonyl (C=O) groups is 1. The van der Waals surface area contributed by atoms with E-state index in [0.29, 0.717) is 23.0 Å². The Hall–Kier alpha value is -1.65. The van der Waals surface area contributed by atoms with Crippen LogP contribution < -0.4 is 11.1 Å². The van der Waals surface area contributed by atoms with Crippen LogP contribution in [0.2, 0.25) is 5.02 Å². The number of anilines is 1. The number of rotatable bonds is 5. The molecular formula is C15H15ClN2OS. The zero-order valence-corrected chi connectivity index (χ0v) is 12.4. The molecule has 0 saturated heterocycles. The highest BCUT2D eigenvalue weighted by Gasteiger charge is 2.06. The van der Waals surface area contributed by atoms with Gasteiger partial charge in [0.05, 0.1) is 10.8 Å². The molecule has 0 aliphatic carbocycles. The van der Waals surface area contributed by atoms with Gasteiger partial charge in [-0.1, -0.05) is 41.9 Å². The molecule has 0 fully saturated rings. The van der Waals surface area contributed by atoms with Gasteiger partial charge in [0.15, 0.2) is 0 Å². The Labute approximate surface area is 127 Å². The van der Waals surface area contributed by atoms with E-state index in [2.05, 4.69) is 5.32 Å². The lowest BCUT2D eigenvalue weighted by Gasteiger charge is -2.07. The van der Waals surface area contributed by atoms with Crippen LogP contribution in [-0.2, 0) is 11.3 Å². The highest BCUT2D eigenvalue weighted by Crippen LogP contribution is 2.28. The minimum atomic E-state index is -0.0215. The molecule has 3 N–H and O–H groups in total. The number of nitrogen functional groups attached to an aromatic ring is 1. The lowest BCUT2D eigenvalue weighted by Crippen LogP contribution is -2.24. The van der Waals surface area contributed by atoms with Crippen molar-refractivity contribution in [3.05, 3.63) is 59.1 Å². The second-order valence-corrected chi connectivity index (χ2v) is 5.67. The third-order valence-corrected chi connectivity index (χ3v) is 4.15. The predicted molar refractivity (Wildman–Crippen MR) is 84.9 cm³/mol. The lowest BCUT2D eigenvalue weighted by molar-refractivity contribution is -0.118. The van der Waals surface area contributed by atoms with Gasteiger partial charge in [0.25, 0.3) is 0 Å². The molecule has 2 aromatic carbocycles. The number of halogens is 1. The Kier molecular flexibility index (Phi) is 5.32. The van der Waals surface area contributed by atoms with Crippen molar-refractivity contribution in [2.75, 3.05) is 11.5 Å². The van der Waals surface area contributed by atoms with Crippen molar-refractivity contribution in [1.82, 2.24) is 5.32 Å². The van der Waals surface area contributed by atoms with Crippen molar-refractivity contribution < 1.29 is 4.79 Å². The molecule has 0 aromatic heterocycles. The first-order valence-electron chi connectivity index (χ1n) is 6.13. The van der Waals surface area contributed by atoms with Crippen LogP contribution in [0, 0.1) is 0 Å². The van der Waals surface area contributed by atoms with E-state index < -0.39 is 0 Å². The van der Waals surface area contributed by atoms with Gasteiger partial charge in [0.1, 0.15) is 0 Å². The van der Waals surface area contributed by atoms with Gasteiger partial charge in [-0.2, -0.15) is 0 Å². The molecule has 0 saturated carbocycles. The summed E-state index contributed by atoms with van der Waals surface area (Å²) < 4.78 is 0. The molecule has 0 atom stereocenters. The van der Waals surface area contributed by atoms with Crippen molar-refractivity contribution in [2.24, 2.45) is 0 Å². The summed E-state index contributed by atoms with van der Waals surface area (Å²) in [6, 6.07) is 15.1. The van der Waals surface area contributed by atoms with Crippen LogP contribution in [0.1, 0.15) is 5.56 Å². The van der Waals surface area contributed by atoms with Gasteiger partial charge in [-0.3, -0.25) is 4.79 Å². The van der Waals surface area contributed by atoms with Crippen LogP contribution in [0.15, 0.2) is 53.4 Å². The van der Waals surface area contributed by atoms with E-state index in [1.165, 1.54) is 11.8 Å². The normalized spacial score (nSPS) is 10.2. The summed E-state index contributed by atoms with van der Waals surface area (Å²) in [7, 11) is 0. The standard InChI is InChI=1S/C15H15ClN2OS/c16-13-8-12(17)6-7-14(13)20-10-15(19)18-9-11-4-2-1-3-5-11/h1-8H,9-10,17H2,(H,18,19). The molecule has 5 heteroatoms. The van der Waals surface area contributed by atoms with Gasteiger partial charge >= 0.3 is 0 Å². The van der Waals surface area contributed by atoms with Gasteiger partial charge < -0.3 is 11.1 Å². The maximum absolute atomic E-state index is 11.8. The molecule has 1 amide bonds. The van der Waals surface area contributed by atoms with E-state index in [1.807, 2.05) is 36.4 Å². The fourth-order valence-electron chi connectivity index (χ4n) is 1.62. The average molecular weight is 307 g/mol. The van der Waals surface area contributed by atoms with Crippen LogP contribution in [0.5, 0.6) is 0 Å². The molecule has 0 heterocycles. The first-order chi connectivity index (χ1) is 9.65. The second-order valence-electron chi connectivity index (χ2n) is 4.24. The summed E-state index contributed by atoms with van der Waals surface area (Å²) in [5.74, 6) is 0.308. The van der Waals surface area contributed by atoms with Gasteiger partial charge in [-0.25, -0.2) is 0 Å². The molecule has 0 aliphatic heterocycles. The minimum absolute atomic E-state index is 0.0215. The quantitative estimate of drug-likeness (QED) is 0.658. The minimum Gasteiger partial charge on any atom is -0.399 e. The Balaban J connectivity index is 1.80. The number of nitrogens with two attached hydrogens (primary N) is 1. The molecule has 3 nitrogen and oxygen atoms in total. The van der Waals surface area contributed by atoms with Crippen molar-refractivity contribution in [3.8, 4) is 0 Å². The number of thioether (sulfide) groups is 1. The van der Waals surface area contributed by atoms with E-state index in [1.54, 1.807) is 12.1 Å². The molecule has 0 spiro atoms. The van der Waals surface area contributed by atoms with Gasteiger partial charge in [-0.15, -0.1) is 11.8 Å². The topological polar surface area (TPSA) is 55.1 Å². The SMILES string of the molecule is Nc1ccc(SCC(=O)NCc2ccccc2)c(Cl)c1. The van der Waals surface area contributed by atoms with E-state index in [0.717, 1.165) is 10.5 Å². The highest BCUT2D eigenvalue weighted by molar-refractivity contribution is 8.00. The molecular weight excluding hydrogens is 292 g/mol. The Morgan fingerprint density at radius 1 is 1.20 bits per heavy atom. The number of hydrogen-bond acceptors (Lipinski definition) is 3. The zero-order chi connectivity index (χ0) is 14.4. The van der Waals surface area contributed by atoms with Crippen LogP contribution >= 0.6 is 23.4 Å². The molecule has 20 heavy (non-hydrogen) atoms. The smallest absolute Gasteiger partial charge is 0.230 e.